The van der Waals surface area contributed by atoms with Gasteiger partial charge in [-0.3, -0.25) is 4.90 Å². The topological polar surface area (TPSA) is 40.2 Å². The summed E-state index contributed by atoms with van der Waals surface area (Å²) in [4.78, 5) is 2.61. The summed E-state index contributed by atoms with van der Waals surface area (Å²) in [5.41, 5.74) is 6.22. The van der Waals surface area contributed by atoms with Crippen molar-refractivity contribution in [2.24, 2.45) is 0 Å². The standard InChI is InChI=1S/C34H37NO4/c1-24(27-13-9-6-10-14-27)35-18-17-28-21-32(37-3)33(38-4)22-29(28)30(35)19-26-15-16-31(36-2)34(20-26)39-23-25-11-7-5-8-12-25/h5-16,20-22,24,30H,17-19,23H2,1-4H3/t24-,30-/m0/s1. The van der Waals surface area contributed by atoms with Crippen LogP contribution in [0.15, 0.2) is 91.0 Å². The van der Waals surface area contributed by atoms with E-state index in [1.54, 1.807) is 21.3 Å². The number of hydrogen-bond donors (Lipinski definition) is 0. The van der Waals surface area contributed by atoms with Gasteiger partial charge in [0.05, 0.1) is 21.3 Å². The van der Waals surface area contributed by atoms with Crippen molar-refractivity contribution in [2.75, 3.05) is 27.9 Å². The fraction of sp³-hybridized carbons (Fsp3) is 0.294. The second-order valence-corrected chi connectivity index (χ2v) is 9.96. The molecule has 39 heavy (non-hydrogen) atoms. The minimum atomic E-state index is 0.152. The lowest BCUT2D eigenvalue weighted by molar-refractivity contribution is 0.131. The van der Waals surface area contributed by atoms with Crippen molar-refractivity contribution in [3.05, 3.63) is 119 Å². The highest BCUT2D eigenvalue weighted by Crippen LogP contribution is 2.43. The first-order valence-corrected chi connectivity index (χ1v) is 13.5. The van der Waals surface area contributed by atoms with E-state index < -0.39 is 0 Å². The maximum absolute atomic E-state index is 6.25. The molecule has 2 atom stereocenters. The Morgan fingerprint density at radius 3 is 2.08 bits per heavy atom. The van der Waals surface area contributed by atoms with E-state index in [9.17, 15) is 0 Å². The van der Waals surface area contributed by atoms with Crippen LogP contribution in [0, 0.1) is 0 Å². The SMILES string of the molecule is COc1cc2c(cc1OC)[C@H](Cc1ccc(OC)c(OCc3ccccc3)c1)N([C@@H](C)c1ccccc1)CC2. The van der Waals surface area contributed by atoms with Gasteiger partial charge in [0.1, 0.15) is 6.61 Å². The van der Waals surface area contributed by atoms with E-state index in [-0.39, 0.29) is 12.1 Å². The molecule has 1 heterocycles. The minimum Gasteiger partial charge on any atom is -0.493 e. The van der Waals surface area contributed by atoms with Crippen LogP contribution in [0.4, 0.5) is 0 Å². The molecule has 0 aromatic heterocycles. The molecule has 0 unspecified atom stereocenters. The first-order valence-electron chi connectivity index (χ1n) is 13.5. The summed E-state index contributed by atoms with van der Waals surface area (Å²) in [5, 5.41) is 0. The molecule has 0 bridgehead atoms. The second-order valence-electron chi connectivity index (χ2n) is 9.96. The first kappa shape index (κ1) is 26.6. The second kappa shape index (κ2) is 12.3. The van der Waals surface area contributed by atoms with Gasteiger partial charge in [0.15, 0.2) is 23.0 Å². The van der Waals surface area contributed by atoms with Crippen molar-refractivity contribution in [3.8, 4) is 23.0 Å². The number of rotatable bonds is 10. The number of hydrogen-bond acceptors (Lipinski definition) is 5. The molecule has 4 aromatic rings. The highest BCUT2D eigenvalue weighted by atomic mass is 16.5. The Balaban J connectivity index is 1.50. The Labute approximate surface area is 231 Å². The van der Waals surface area contributed by atoms with Gasteiger partial charge >= 0.3 is 0 Å². The molecule has 0 aliphatic carbocycles. The van der Waals surface area contributed by atoms with E-state index in [1.807, 2.05) is 24.3 Å². The van der Waals surface area contributed by atoms with E-state index in [0.717, 1.165) is 47.9 Å². The van der Waals surface area contributed by atoms with Gasteiger partial charge in [-0.15, -0.1) is 0 Å². The van der Waals surface area contributed by atoms with Crippen LogP contribution in [0.1, 0.15) is 46.8 Å². The van der Waals surface area contributed by atoms with Crippen molar-refractivity contribution in [1.29, 1.82) is 0 Å². The van der Waals surface area contributed by atoms with Gasteiger partial charge in [-0.1, -0.05) is 66.7 Å². The molecule has 0 saturated heterocycles. The zero-order chi connectivity index (χ0) is 27.2. The number of fused-ring (bicyclic) bond motifs is 1. The Kier molecular flexibility index (Phi) is 8.38. The Morgan fingerprint density at radius 1 is 0.718 bits per heavy atom. The van der Waals surface area contributed by atoms with Crippen LogP contribution in [0.25, 0.3) is 0 Å². The average Bonchev–Trinajstić information content (AvgIpc) is 3.00. The van der Waals surface area contributed by atoms with Crippen molar-refractivity contribution < 1.29 is 18.9 Å². The molecular formula is C34H37NO4. The molecule has 5 nitrogen and oxygen atoms in total. The molecule has 5 rings (SSSR count). The lowest BCUT2D eigenvalue weighted by Crippen LogP contribution is -2.38. The number of nitrogens with zero attached hydrogens (tertiary/aromatic N) is 1. The van der Waals surface area contributed by atoms with Crippen molar-refractivity contribution in [3.63, 3.8) is 0 Å². The van der Waals surface area contributed by atoms with Gasteiger partial charge in [-0.05, 0) is 71.8 Å². The van der Waals surface area contributed by atoms with Gasteiger partial charge in [0.25, 0.3) is 0 Å². The van der Waals surface area contributed by atoms with Crippen molar-refractivity contribution >= 4 is 0 Å². The summed E-state index contributed by atoms with van der Waals surface area (Å²) in [5.74, 6) is 3.03. The van der Waals surface area contributed by atoms with Crippen LogP contribution in [0.5, 0.6) is 23.0 Å². The van der Waals surface area contributed by atoms with Crippen LogP contribution in [-0.4, -0.2) is 32.8 Å². The smallest absolute Gasteiger partial charge is 0.161 e. The van der Waals surface area contributed by atoms with Gasteiger partial charge in [-0.25, -0.2) is 0 Å². The minimum absolute atomic E-state index is 0.152. The molecule has 4 aromatic carbocycles. The first-order chi connectivity index (χ1) is 19.1. The third kappa shape index (κ3) is 5.89. The molecule has 5 heteroatoms. The van der Waals surface area contributed by atoms with E-state index in [4.69, 9.17) is 18.9 Å². The predicted octanol–water partition coefficient (Wildman–Crippen LogP) is 7.19. The monoisotopic (exact) mass is 523 g/mol. The van der Waals surface area contributed by atoms with Gasteiger partial charge in [0, 0.05) is 18.6 Å². The van der Waals surface area contributed by atoms with Crippen LogP contribution in [0.2, 0.25) is 0 Å². The fourth-order valence-electron chi connectivity index (χ4n) is 5.58. The molecule has 1 aliphatic rings. The van der Waals surface area contributed by atoms with Crippen LogP contribution in [0.3, 0.4) is 0 Å². The zero-order valence-corrected chi connectivity index (χ0v) is 23.2. The number of benzene rings is 4. The highest BCUT2D eigenvalue weighted by Gasteiger charge is 2.33. The molecule has 0 saturated carbocycles. The number of methoxy groups -OCH3 is 3. The fourth-order valence-corrected chi connectivity index (χ4v) is 5.58. The summed E-state index contributed by atoms with van der Waals surface area (Å²) in [6.07, 6.45) is 1.78. The van der Waals surface area contributed by atoms with Crippen molar-refractivity contribution in [2.45, 2.75) is 38.5 Å². The third-order valence-electron chi connectivity index (χ3n) is 7.72. The van der Waals surface area contributed by atoms with Crippen LogP contribution in [-0.2, 0) is 19.4 Å². The molecular weight excluding hydrogens is 486 g/mol. The molecule has 0 radical (unpaired) electrons. The van der Waals surface area contributed by atoms with Gasteiger partial charge < -0.3 is 18.9 Å². The maximum atomic E-state index is 6.25. The lowest BCUT2D eigenvalue weighted by atomic mass is 9.86. The summed E-state index contributed by atoms with van der Waals surface area (Å²) < 4.78 is 23.3. The molecule has 0 N–H and O–H groups in total. The zero-order valence-electron chi connectivity index (χ0n) is 23.2. The summed E-state index contributed by atoms with van der Waals surface area (Å²) in [7, 11) is 5.08. The molecule has 202 valence electrons. The van der Waals surface area contributed by atoms with E-state index in [1.165, 1.54) is 22.3 Å². The largest absolute Gasteiger partial charge is 0.493 e. The quantitative estimate of drug-likeness (QED) is 0.220. The summed E-state index contributed by atoms with van der Waals surface area (Å²) in [6, 6.07) is 32.0. The predicted molar refractivity (Wildman–Crippen MR) is 155 cm³/mol. The van der Waals surface area contributed by atoms with Crippen molar-refractivity contribution in [1.82, 2.24) is 4.90 Å². The van der Waals surface area contributed by atoms with E-state index >= 15 is 0 Å². The highest BCUT2D eigenvalue weighted by molar-refractivity contribution is 5.50. The van der Waals surface area contributed by atoms with Crippen LogP contribution < -0.4 is 18.9 Å². The van der Waals surface area contributed by atoms with E-state index in [0.29, 0.717) is 6.61 Å². The Hall–Kier alpha value is -3.96. The molecule has 0 amide bonds. The average molecular weight is 524 g/mol. The van der Waals surface area contributed by atoms with Gasteiger partial charge in [-0.2, -0.15) is 0 Å². The molecule has 0 spiro atoms. The summed E-state index contributed by atoms with van der Waals surface area (Å²) >= 11 is 0. The normalized spacial score (nSPS) is 15.7. The third-order valence-corrected chi connectivity index (χ3v) is 7.72. The molecule has 0 fully saturated rings. The Bertz CT molecular complexity index is 1370. The Morgan fingerprint density at radius 2 is 1.38 bits per heavy atom. The maximum Gasteiger partial charge on any atom is 0.161 e. The van der Waals surface area contributed by atoms with Crippen LogP contribution >= 0.6 is 0 Å². The number of ether oxygens (including phenoxy) is 4. The summed E-state index contributed by atoms with van der Waals surface area (Å²) in [6.45, 7) is 3.74. The van der Waals surface area contributed by atoms with E-state index in [2.05, 4.69) is 78.6 Å². The molecule has 1 aliphatic heterocycles. The lowest BCUT2D eigenvalue weighted by Gasteiger charge is -2.42. The van der Waals surface area contributed by atoms with Gasteiger partial charge in [0.2, 0.25) is 0 Å².